The minimum Gasteiger partial charge on any atom is -0.464 e. The molecule has 154 valence electrons. The van der Waals surface area contributed by atoms with Gasteiger partial charge in [0.2, 0.25) is 5.54 Å². The second kappa shape index (κ2) is 10.2. The van der Waals surface area contributed by atoms with Crippen LogP contribution in [0.4, 0.5) is 0 Å². The summed E-state index contributed by atoms with van der Waals surface area (Å²) >= 11 is 3.40. The molecule has 0 amide bonds. The first-order valence-electron chi connectivity index (χ1n) is 9.79. The molecule has 1 fully saturated rings. The smallest absolute Gasteiger partial charge is 0.338 e. The lowest BCUT2D eigenvalue weighted by atomic mass is 9.75. The van der Waals surface area contributed by atoms with Crippen molar-refractivity contribution in [1.82, 2.24) is 5.32 Å². The zero-order chi connectivity index (χ0) is 20.7. The van der Waals surface area contributed by atoms with E-state index in [-0.39, 0.29) is 13.2 Å². The molecule has 1 aromatic carbocycles. The van der Waals surface area contributed by atoms with E-state index < -0.39 is 35.4 Å². The molecule has 28 heavy (non-hydrogen) atoms. The Labute approximate surface area is 174 Å². The van der Waals surface area contributed by atoms with Gasteiger partial charge in [-0.3, -0.25) is 5.32 Å². The summed E-state index contributed by atoms with van der Waals surface area (Å²) in [7, 11) is 0. The number of esters is 2. The van der Waals surface area contributed by atoms with Crippen molar-refractivity contribution in [2.75, 3.05) is 13.2 Å². The number of halogens is 1. The maximum Gasteiger partial charge on any atom is 0.338 e. The quantitative estimate of drug-likeness (QED) is 0.349. The number of hydrogen-bond acceptors (Lipinski definition) is 6. The fourth-order valence-corrected chi connectivity index (χ4v) is 4.21. The van der Waals surface area contributed by atoms with Gasteiger partial charge in [0, 0.05) is 22.4 Å². The summed E-state index contributed by atoms with van der Waals surface area (Å²) in [6.07, 6.45) is 3.05. The Balaban J connectivity index is 2.57. The Kier molecular flexibility index (Phi) is 8.19. The summed E-state index contributed by atoms with van der Waals surface area (Å²) in [6.45, 7) is 5.68. The molecule has 7 heteroatoms. The molecule has 1 aromatic rings. The Morgan fingerprint density at radius 3 is 2.14 bits per heavy atom. The average molecular weight is 454 g/mol. The minimum absolute atomic E-state index is 0.136. The molecule has 6 nitrogen and oxygen atoms in total. The zero-order valence-electron chi connectivity index (χ0n) is 16.6. The van der Waals surface area contributed by atoms with Crippen LogP contribution in [0, 0.1) is 11.8 Å². The predicted octanol–water partition coefficient (Wildman–Crippen LogP) is 3.58. The highest BCUT2D eigenvalue weighted by atomic mass is 79.9. The van der Waals surface area contributed by atoms with E-state index >= 15 is 0 Å². The van der Waals surface area contributed by atoms with Crippen LogP contribution in [-0.4, -0.2) is 37.0 Å². The van der Waals surface area contributed by atoms with E-state index in [1.807, 2.05) is 31.2 Å². The molecular weight excluding hydrogens is 426 g/mol. The molecule has 1 heterocycles. The molecule has 0 radical (unpaired) electrons. The van der Waals surface area contributed by atoms with Gasteiger partial charge in [-0.15, -0.1) is 0 Å². The Hall–Kier alpha value is -1.73. The molecule has 0 spiro atoms. The molecule has 0 aromatic heterocycles. The lowest BCUT2D eigenvalue weighted by Gasteiger charge is -2.31. The molecule has 3 atom stereocenters. The number of rotatable bonds is 9. The largest absolute Gasteiger partial charge is 0.464 e. The molecular formula is C21H28BrNO5. The van der Waals surface area contributed by atoms with Gasteiger partial charge in [-0.2, -0.15) is 0 Å². The Morgan fingerprint density at radius 1 is 1.11 bits per heavy atom. The number of benzene rings is 1. The maximum absolute atomic E-state index is 13.0. The van der Waals surface area contributed by atoms with Crippen molar-refractivity contribution in [2.24, 2.45) is 11.8 Å². The van der Waals surface area contributed by atoms with E-state index in [0.29, 0.717) is 6.42 Å². The van der Waals surface area contributed by atoms with Crippen molar-refractivity contribution in [3.05, 3.63) is 34.3 Å². The molecule has 1 aliphatic heterocycles. The van der Waals surface area contributed by atoms with Gasteiger partial charge in [0.05, 0.1) is 13.2 Å². The maximum atomic E-state index is 13.0. The van der Waals surface area contributed by atoms with Crippen molar-refractivity contribution < 1.29 is 23.9 Å². The van der Waals surface area contributed by atoms with Crippen LogP contribution >= 0.6 is 15.9 Å². The van der Waals surface area contributed by atoms with Gasteiger partial charge in [-0.25, -0.2) is 9.59 Å². The molecule has 0 saturated carbocycles. The van der Waals surface area contributed by atoms with Crippen LogP contribution in [0.25, 0.3) is 0 Å². The fraction of sp³-hybridized carbons (Fsp3) is 0.571. The van der Waals surface area contributed by atoms with Crippen LogP contribution in [0.2, 0.25) is 0 Å². The number of ether oxygens (including phenoxy) is 2. The van der Waals surface area contributed by atoms with E-state index in [1.165, 1.54) is 0 Å². The highest BCUT2D eigenvalue weighted by Gasteiger charge is 2.64. The first kappa shape index (κ1) is 22.6. The summed E-state index contributed by atoms with van der Waals surface area (Å²) in [5.41, 5.74) is -0.859. The molecule has 1 N–H and O–H groups in total. The van der Waals surface area contributed by atoms with E-state index in [9.17, 15) is 14.4 Å². The van der Waals surface area contributed by atoms with Gasteiger partial charge in [0.1, 0.15) is 6.29 Å². The molecule has 1 saturated heterocycles. The standard InChI is InChI=1S/C21H28BrNO5/c1-4-7-8-17-16(13-24)18(14-9-11-15(22)12-10-14)23-21(17,19(25)27-5-2)20(26)28-6-3/h9-13,16-18,23H,4-8H2,1-3H3/t16-,17-,18-/m1/s1. The van der Waals surface area contributed by atoms with Gasteiger partial charge in [-0.1, -0.05) is 47.8 Å². The van der Waals surface area contributed by atoms with Gasteiger partial charge in [0.15, 0.2) is 0 Å². The summed E-state index contributed by atoms with van der Waals surface area (Å²) in [4.78, 5) is 38.2. The summed E-state index contributed by atoms with van der Waals surface area (Å²) in [5, 5.41) is 3.17. The average Bonchev–Trinajstić information content (AvgIpc) is 3.02. The van der Waals surface area contributed by atoms with Crippen LogP contribution in [0.1, 0.15) is 51.6 Å². The number of carbonyl (C=O) groups is 3. The van der Waals surface area contributed by atoms with E-state index in [4.69, 9.17) is 9.47 Å². The fourth-order valence-electron chi connectivity index (χ4n) is 3.95. The number of unbranched alkanes of at least 4 members (excludes halogenated alkanes) is 1. The summed E-state index contributed by atoms with van der Waals surface area (Å²) in [5.74, 6) is -2.46. The third-order valence-corrected chi connectivity index (χ3v) is 5.77. The predicted molar refractivity (Wildman–Crippen MR) is 109 cm³/mol. The normalized spacial score (nSPS) is 23.2. The van der Waals surface area contributed by atoms with Gasteiger partial charge in [0.25, 0.3) is 0 Å². The summed E-state index contributed by atoms with van der Waals surface area (Å²) in [6, 6.07) is 7.01. The van der Waals surface area contributed by atoms with Gasteiger partial charge >= 0.3 is 11.9 Å². The highest BCUT2D eigenvalue weighted by molar-refractivity contribution is 9.10. The van der Waals surface area contributed by atoms with Crippen molar-refractivity contribution in [3.8, 4) is 0 Å². The number of hydrogen-bond donors (Lipinski definition) is 1. The lowest BCUT2D eigenvalue weighted by Crippen LogP contribution is -2.60. The molecule has 0 unspecified atom stereocenters. The molecule has 1 aliphatic rings. The number of aldehydes is 1. The topological polar surface area (TPSA) is 81.7 Å². The Morgan fingerprint density at radius 2 is 1.68 bits per heavy atom. The van der Waals surface area contributed by atoms with E-state index in [0.717, 1.165) is 29.2 Å². The van der Waals surface area contributed by atoms with Crippen molar-refractivity contribution >= 4 is 34.2 Å². The number of carbonyl (C=O) groups excluding carboxylic acids is 3. The van der Waals surface area contributed by atoms with Crippen LogP contribution in [-0.2, 0) is 23.9 Å². The highest BCUT2D eigenvalue weighted by Crippen LogP contribution is 2.46. The van der Waals surface area contributed by atoms with E-state index in [2.05, 4.69) is 21.2 Å². The van der Waals surface area contributed by atoms with Crippen LogP contribution in [0.3, 0.4) is 0 Å². The SMILES string of the molecule is CCCC[C@@H]1[C@@H](C=O)[C@@H](c2ccc(Br)cc2)NC1(C(=O)OCC)C(=O)OCC. The molecule has 2 rings (SSSR count). The van der Waals surface area contributed by atoms with E-state index in [1.54, 1.807) is 13.8 Å². The third kappa shape index (κ3) is 4.30. The minimum atomic E-state index is -1.69. The zero-order valence-corrected chi connectivity index (χ0v) is 18.2. The Bertz CT molecular complexity index is 673. The lowest BCUT2D eigenvalue weighted by molar-refractivity contribution is -0.168. The van der Waals surface area contributed by atoms with Crippen LogP contribution in [0.15, 0.2) is 28.7 Å². The van der Waals surface area contributed by atoms with Crippen molar-refractivity contribution in [3.63, 3.8) is 0 Å². The second-order valence-corrected chi connectivity index (χ2v) is 7.80. The third-order valence-electron chi connectivity index (χ3n) is 5.24. The molecule has 0 aliphatic carbocycles. The first-order valence-corrected chi connectivity index (χ1v) is 10.6. The number of nitrogens with one attached hydrogen (secondary N) is 1. The monoisotopic (exact) mass is 453 g/mol. The first-order chi connectivity index (χ1) is 13.5. The van der Waals surface area contributed by atoms with Crippen LogP contribution < -0.4 is 5.32 Å². The van der Waals surface area contributed by atoms with Crippen molar-refractivity contribution in [2.45, 2.75) is 51.6 Å². The second-order valence-electron chi connectivity index (χ2n) is 6.88. The van der Waals surface area contributed by atoms with Crippen LogP contribution in [0.5, 0.6) is 0 Å². The van der Waals surface area contributed by atoms with Gasteiger partial charge < -0.3 is 14.3 Å². The summed E-state index contributed by atoms with van der Waals surface area (Å²) < 4.78 is 11.5. The molecule has 0 bridgehead atoms. The van der Waals surface area contributed by atoms with Gasteiger partial charge in [-0.05, 0) is 38.0 Å². The van der Waals surface area contributed by atoms with Crippen molar-refractivity contribution in [1.29, 1.82) is 0 Å².